The van der Waals surface area contributed by atoms with Crippen LogP contribution in [-0.4, -0.2) is 20.6 Å². The summed E-state index contributed by atoms with van der Waals surface area (Å²) in [6.45, 7) is 0. The summed E-state index contributed by atoms with van der Waals surface area (Å²) in [5.41, 5.74) is 2.15. The fourth-order valence-corrected chi connectivity index (χ4v) is 2.08. The molecule has 0 saturated carbocycles. The van der Waals surface area contributed by atoms with Crippen molar-refractivity contribution in [2.24, 2.45) is 7.05 Å². The Balaban J connectivity index is 1.93. The van der Waals surface area contributed by atoms with Gasteiger partial charge in [0, 0.05) is 12.6 Å². The van der Waals surface area contributed by atoms with Crippen molar-refractivity contribution in [2.45, 2.75) is 0 Å². The monoisotopic (exact) mass is 267 g/mol. The Hall–Kier alpha value is -2.82. The lowest BCUT2D eigenvalue weighted by atomic mass is 10.2. The van der Waals surface area contributed by atoms with Gasteiger partial charge in [-0.3, -0.25) is 10.1 Å². The van der Waals surface area contributed by atoms with Gasteiger partial charge in [-0.15, -0.1) is 0 Å². The smallest absolute Gasteiger partial charge is 0.258 e. The highest BCUT2D eigenvalue weighted by molar-refractivity contribution is 6.04. The van der Waals surface area contributed by atoms with Gasteiger partial charge in [-0.1, -0.05) is 18.2 Å². The maximum Gasteiger partial charge on any atom is 0.258 e. The molecule has 3 rings (SSSR count). The third kappa shape index (κ3) is 2.09. The summed E-state index contributed by atoms with van der Waals surface area (Å²) >= 11 is 0. The molecule has 0 unspecified atom stereocenters. The molecule has 0 spiro atoms. The minimum atomic E-state index is -0.306. The molecule has 1 amide bonds. The molecule has 0 aliphatic heterocycles. The Morgan fingerprint density at radius 2 is 2.00 bits per heavy atom. The normalized spacial score (nSPS) is 10.7. The fraction of sp³-hybridized carbons (Fsp3) is 0.0667. The van der Waals surface area contributed by atoms with Gasteiger partial charge in [-0.05, 0) is 30.3 Å². The zero-order valence-electron chi connectivity index (χ0n) is 10.9. The number of aromatic hydroxyl groups is 1. The number of fused-ring (bicyclic) bond motifs is 1. The molecule has 0 bridgehead atoms. The first-order valence-electron chi connectivity index (χ1n) is 6.17. The van der Waals surface area contributed by atoms with Crippen molar-refractivity contribution in [3.05, 3.63) is 54.1 Å². The average Bonchev–Trinajstić information content (AvgIpc) is 2.76. The minimum Gasteiger partial charge on any atom is -0.508 e. The lowest BCUT2D eigenvalue weighted by Gasteiger charge is -2.05. The molecule has 0 aliphatic rings. The summed E-state index contributed by atoms with van der Waals surface area (Å²) in [6, 6.07) is 13.8. The molecular weight excluding hydrogens is 254 g/mol. The van der Waals surface area contributed by atoms with Crippen LogP contribution >= 0.6 is 0 Å². The number of aromatic nitrogens is 2. The molecule has 1 aromatic heterocycles. The van der Waals surface area contributed by atoms with Gasteiger partial charge in [0.1, 0.15) is 5.75 Å². The van der Waals surface area contributed by atoms with Crippen molar-refractivity contribution in [1.29, 1.82) is 0 Å². The van der Waals surface area contributed by atoms with Crippen LogP contribution in [0.4, 0.5) is 5.95 Å². The number of rotatable bonds is 2. The van der Waals surface area contributed by atoms with Gasteiger partial charge in [0.15, 0.2) is 0 Å². The predicted molar refractivity (Wildman–Crippen MR) is 76.8 cm³/mol. The molecule has 1 heterocycles. The lowest BCUT2D eigenvalue weighted by molar-refractivity contribution is 0.102. The molecule has 0 saturated heterocycles. The van der Waals surface area contributed by atoms with Gasteiger partial charge in [-0.2, -0.15) is 0 Å². The van der Waals surface area contributed by atoms with E-state index in [0.717, 1.165) is 11.0 Å². The lowest BCUT2D eigenvalue weighted by Crippen LogP contribution is -2.14. The Bertz CT molecular complexity index is 793. The van der Waals surface area contributed by atoms with E-state index >= 15 is 0 Å². The maximum absolute atomic E-state index is 12.1. The summed E-state index contributed by atoms with van der Waals surface area (Å²) in [5.74, 6) is 0.224. The number of aryl methyl sites for hydroxylation is 1. The molecule has 3 aromatic rings. The first-order chi connectivity index (χ1) is 9.65. The van der Waals surface area contributed by atoms with E-state index in [-0.39, 0.29) is 11.7 Å². The Labute approximate surface area is 115 Å². The largest absolute Gasteiger partial charge is 0.508 e. The standard InChI is InChI=1S/C15H13N3O2/c1-18-13-8-3-2-7-12(13)16-15(18)17-14(20)10-5-4-6-11(19)9-10/h2-9,19H,1H3,(H,16,17,20). The number of imidazole rings is 1. The fourth-order valence-electron chi connectivity index (χ4n) is 2.08. The topological polar surface area (TPSA) is 67.2 Å². The van der Waals surface area contributed by atoms with Crippen molar-refractivity contribution < 1.29 is 9.90 Å². The highest BCUT2D eigenvalue weighted by atomic mass is 16.3. The number of para-hydroxylation sites is 2. The molecular formula is C15H13N3O2. The van der Waals surface area contributed by atoms with Gasteiger partial charge in [-0.25, -0.2) is 4.98 Å². The third-order valence-electron chi connectivity index (χ3n) is 3.12. The van der Waals surface area contributed by atoms with Gasteiger partial charge in [0.05, 0.1) is 11.0 Å². The Kier molecular flexibility index (Phi) is 2.87. The number of benzene rings is 2. The molecule has 0 fully saturated rings. The van der Waals surface area contributed by atoms with E-state index in [4.69, 9.17) is 0 Å². The first-order valence-corrected chi connectivity index (χ1v) is 6.17. The number of anilines is 1. The second kappa shape index (κ2) is 4.70. The number of amides is 1. The van der Waals surface area contributed by atoms with E-state index in [1.54, 1.807) is 12.1 Å². The van der Waals surface area contributed by atoms with Crippen LogP contribution in [0.25, 0.3) is 11.0 Å². The molecule has 0 atom stereocenters. The van der Waals surface area contributed by atoms with E-state index in [9.17, 15) is 9.90 Å². The van der Waals surface area contributed by atoms with Crippen LogP contribution in [0.1, 0.15) is 10.4 Å². The Morgan fingerprint density at radius 1 is 1.20 bits per heavy atom. The van der Waals surface area contributed by atoms with Crippen LogP contribution in [-0.2, 0) is 7.05 Å². The zero-order valence-corrected chi connectivity index (χ0v) is 10.9. The van der Waals surface area contributed by atoms with Gasteiger partial charge >= 0.3 is 0 Å². The average molecular weight is 267 g/mol. The maximum atomic E-state index is 12.1. The van der Waals surface area contributed by atoms with Crippen molar-refractivity contribution in [1.82, 2.24) is 9.55 Å². The number of hydrogen-bond acceptors (Lipinski definition) is 3. The summed E-state index contributed by atoms with van der Waals surface area (Å²) < 4.78 is 1.82. The van der Waals surface area contributed by atoms with E-state index < -0.39 is 0 Å². The second-order valence-corrected chi connectivity index (χ2v) is 4.49. The highest BCUT2D eigenvalue weighted by Crippen LogP contribution is 2.18. The van der Waals surface area contributed by atoms with Crippen molar-refractivity contribution in [3.63, 3.8) is 0 Å². The molecule has 100 valence electrons. The molecule has 5 nitrogen and oxygen atoms in total. The molecule has 20 heavy (non-hydrogen) atoms. The predicted octanol–water partition coefficient (Wildman–Crippen LogP) is 2.53. The summed E-state index contributed by atoms with van der Waals surface area (Å²) in [7, 11) is 1.84. The number of phenolic OH excluding ortho intramolecular Hbond substituents is 1. The van der Waals surface area contributed by atoms with Gasteiger partial charge < -0.3 is 9.67 Å². The quantitative estimate of drug-likeness (QED) is 0.749. The number of phenols is 1. The van der Waals surface area contributed by atoms with Crippen LogP contribution < -0.4 is 5.32 Å². The number of carbonyl (C=O) groups is 1. The summed E-state index contributed by atoms with van der Waals surface area (Å²) in [4.78, 5) is 16.5. The summed E-state index contributed by atoms with van der Waals surface area (Å²) in [5, 5.41) is 12.1. The van der Waals surface area contributed by atoms with Crippen LogP contribution in [0.15, 0.2) is 48.5 Å². The third-order valence-corrected chi connectivity index (χ3v) is 3.12. The molecule has 2 N–H and O–H groups in total. The van der Waals surface area contributed by atoms with Crippen LogP contribution in [0.3, 0.4) is 0 Å². The van der Waals surface area contributed by atoms with Gasteiger partial charge in [0.2, 0.25) is 5.95 Å². The van der Waals surface area contributed by atoms with E-state index in [1.807, 2.05) is 35.9 Å². The number of hydrogen-bond donors (Lipinski definition) is 2. The molecule has 2 aromatic carbocycles. The van der Waals surface area contributed by atoms with Gasteiger partial charge in [0.25, 0.3) is 5.91 Å². The van der Waals surface area contributed by atoms with Crippen LogP contribution in [0, 0.1) is 0 Å². The van der Waals surface area contributed by atoms with E-state index in [0.29, 0.717) is 11.5 Å². The zero-order chi connectivity index (χ0) is 14.1. The van der Waals surface area contributed by atoms with Crippen molar-refractivity contribution >= 4 is 22.9 Å². The van der Waals surface area contributed by atoms with Crippen LogP contribution in [0.2, 0.25) is 0 Å². The first kappa shape index (κ1) is 12.2. The second-order valence-electron chi connectivity index (χ2n) is 4.49. The number of carbonyl (C=O) groups excluding carboxylic acids is 1. The van der Waals surface area contributed by atoms with E-state index in [2.05, 4.69) is 10.3 Å². The SMILES string of the molecule is Cn1c(NC(=O)c2cccc(O)c2)nc2ccccc21. The summed E-state index contributed by atoms with van der Waals surface area (Å²) in [6.07, 6.45) is 0. The van der Waals surface area contributed by atoms with Crippen LogP contribution in [0.5, 0.6) is 5.75 Å². The number of nitrogens with zero attached hydrogens (tertiary/aromatic N) is 2. The van der Waals surface area contributed by atoms with Crippen molar-refractivity contribution in [3.8, 4) is 5.75 Å². The Morgan fingerprint density at radius 3 is 2.75 bits per heavy atom. The molecule has 5 heteroatoms. The highest BCUT2D eigenvalue weighted by Gasteiger charge is 2.12. The molecule has 0 aliphatic carbocycles. The van der Waals surface area contributed by atoms with E-state index in [1.165, 1.54) is 12.1 Å². The molecule has 0 radical (unpaired) electrons. The van der Waals surface area contributed by atoms with Crippen molar-refractivity contribution in [2.75, 3.05) is 5.32 Å². The number of nitrogens with one attached hydrogen (secondary N) is 1. The minimum absolute atomic E-state index is 0.0580.